The first-order chi connectivity index (χ1) is 7.74. The van der Waals surface area contributed by atoms with Crippen molar-refractivity contribution in [2.45, 2.75) is 25.1 Å². The van der Waals surface area contributed by atoms with Crippen LogP contribution in [0.3, 0.4) is 0 Å². The molecule has 1 saturated carbocycles. The Morgan fingerprint density at radius 2 is 2.19 bits per heavy atom. The summed E-state index contributed by atoms with van der Waals surface area (Å²) in [6, 6.07) is 6.34. The van der Waals surface area contributed by atoms with Crippen LogP contribution in [0.4, 0.5) is 5.69 Å². The van der Waals surface area contributed by atoms with Crippen molar-refractivity contribution < 1.29 is 0 Å². The van der Waals surface area contributed by atoms with Crippen LogP contribution in [-0.2, 0) is 5.33 Å². The van der Waals surface area contributed by atoms with Crippen LogP contribution in [0.5, 0.6) is 0 Å². The predicted octanol–water partition coefficient (Wildman–Crippen LogP) is 4.47. The van der Waals surface area contributed by atoms with Crippen LogP contribution in [0.2, 0.25) is 5.02 Å². The van der Waals surface area contributed by atoms with E-state index in [1.807, 2.05) is 0 Å². The summed E-state index contributed by atoms with van der Waals surface area (Å²) in [5.74, 6) is 0.895. The molecule has 1 aliphatic rings. The summed E-state index contributed by atoms with van der Waals surface area (Å²) in [5, 5.41) is 1.74. The number of nitrogens with zero attached hydrogens (tertiary/aromatic N) is 1. The molecule has 1 aliphatic carbocycles. The minimum absolute atomic E-state index is 0.863. The Morgan fingerprint density at radius 3 is 2.69 bits per heavy atom. The van der Waals surface area contributed by atoms with E-state index in [4.69, 9.17) is 11.6 Å². The predicted molar refractivity (Wildman–Crippen MR) is 74.7 cm³/mol. The molecule has 2 rings (SSSR count). The largest absolute Gasteiger partial charge is 0.370 e. The van der Waals surface area contributed by atoms with Crippen LogP contribution in [0.15, 0.2) is 18.2 Å². The van der Waals surface area contributed by atoms with Gasteiger partial charge in [-0.15, -0.1) is 0 Å². The van der Waals surface area contributed by atoms with Crippen molar-refractivity contribution in [2.24, 2.45) is 5.92 Å². The lowest BCUT2D eigenvalue weighted by molar-refractivity contribution is 0.742. The van der Waals surface area contributed by atoms with Gasteiger partial charge in [0, 0.05) is 18.4 Å². The fourth-order valence-electron chi connectivity index (χ4n) is 1.90. The third-order valence-electron chi connectivity index (χ3n) is 3.06. The normalized spacial score (nSPS) is 15.2. The lowest BCUT2D eigenvalue weighted by Crippen LogP contribution is -2.25. The molecular weight excluding hydrogens is 286 g/mol. The van der Waals surface area contributed by atoms with Gasteiger partial charge in [-0.25, -0.2) is 0 Å². The van der Waals surface area contributed by atoms with Gasteiger partial charge in [-0.05, 0) is 43.4 Å². The zero-order valence-electron chi connectivity index (χ0n) is 9.55. The molecule has 0 aromatic heterocycles. The lowest BCUT2D eigenvalue weighted by Gasteiger charge is -2.24. The summed E-state index contributed by atoms with van der Waals surface area (Å²) >= 11 is 9.77. The first-order valence-electron chi connectivity index (χ1n) is 5.84. The van der Waals surface area contributed by atoms with E-state index in [0.29, 0.717) is 0 Å². The van der Waals surface area contributed by atoms with Crippen LogP contribution in [0.25, 0.3) is 0 Å². The number of alkyl halides is 1. The van der Waals surface area contributed by atoms with Gasteiger partial charge in [0.15, 0.2) is 0 Å². The molecule has 3 heteroatoms. The fraction of sp³-hybridized carbons (Fsp3) is 0.538. The Hall–Kier alpha value is -0.210. The lowest BCUT2D eigenvalue weighted by atomic mass is 10.2. The molecule has 0 unspecified atom stereocenters. The van der Waals surface area contributed by atoms with E-state index in [-0.39, 0.29) is 0 Å². The van der Waals surface area contributed by atoms with E-state index in [2.05, 4.69) is 46.0 Å². The highest BCUT2D eigenvalue weighted by atomic mass is 79.9. The number of rotatable bonds is 5. The standard InChI is InChI=1S/C13H17BrClN/c1-2-16(9-10-3-4-10)13-6-5-11(8-14)7-12(13)15/h5-7,10H,2-4,8-9H2,1H3. The molecule has 1 aromatic carbocycles. The van der Waals surface area contributed by atoms with Gasteiger partial charge >= 0.3 is 0 Å². The first-order valence-corrected chi connectivity index (χ1v) is 7.34. The monoisotopic (exact) mass is 301 g/mol. The topological polar surface area (TPSA) is 3.24 Å². The number of anilines is 1. The molecule has 0 N–H and O–H groups in total. The molecule has 0 spiro atoms. The fourth-order valence-corrected chi connectivity index (χ4v) is 2.57. The molecule has 16 heavy (non-hydrogen) atoms. The van der Waals surface area contributed by atoms with Gasteiger partial charge in [-0.1, -0.05) is 33.6 Å². The minimum atomic E-state index is 0.863. The molecule has 1 fully saturated rings. The van der Waals surface area contributed by atoms with Crippen molar-refractivity contribution in [3.8, 4) is 0 Å². The molecule has 1 nitrogen and oxygen atoms in total. The molecule has 0 aliphatic heterocycles. The summed E-state index contributed by atoms with van der Waals surface area (Å²) in [6.07, 6.45) is 2.77. The van der Waals surface area contributed by atoms with E-state index in [9.17, 15) is 0 Å². The number of benzene rings is 1. The molecule has 1 aromatic rings. The van der Waals surface area contributed by atoms with Gasteiger partial charge in [0.05, 0.1) is 10.7 Å². The number of hydrogen-bond acceptors (Lipinski definition) is 1. The van der Waals surface area contributed by atoms with Crippen LogP contribution in [-0.4, -0.2) is 13.1 Å². The molecule has 0 radical (unpaired) electrons. The van der Waals surface area contributed by atoms with Crippen LogP contribution < -0.4 is 4.90 Å². The zero-order valence-corrected chi connectivity index (χ0v) is 11.9. The maximum absolute atomic E-state index is 6.32. The van der Waals surface area contributed by atoms with E-state index >= 15 is 0 Å². The van der Waals surface area contributed by atoms with Crippen LogP contribution in [0, 0.1) is 5.92 Å². The smallest absolute Gasteiger partial charge is 0.0642 e. The molecular formula is C13H17BrClN. The third kappa shape index (κ3) is 2.92. The van der Waals surface area contributed by atoms with E-state index in [1.165, 1.54) is 24.1 Å². The third-order valence-corrected chi connectivity index (χ3v) is 4.01. The number of halogens is 2. The summed E-state index contributed by atoms with van der Waals surface area (Å²) < 4.78 is 0. The summed E-state index contributed by atoms with van der Waals surface area (Å²) in [7, 11) is 0. The van der Waals surface area contributed by atoms with Crippen LogP contribution >= 0.6 is 27.5 Å². The van der Waals surface area contributed by atoms with Crippen molar-refractivity contribution >= 4 is 33.2 Å². The Morgan fingerprint density at radius 1 is 1.44 bits per heavy atom. The molecule has 0 bridgehead atoms. The van der Waals surface area contributed by atoms with Gasteiger partial charge in [-0.2, -0.15) is 0 Å². The van der Waals surface area contributed by atoms with Gasteiger partial charge in [-0.3, -0.25) is 0 Å². The zero-order chi connectivity index (χ0) is 11.5. The molecule has 0 saturated heterocycles. The highest BCUT2D eigenvalue weighted by Crippen LogP contribution is 2.34. The Balaban J connectivity index is 2.15. The van der Waals surface area contributed by atoms with Gasteiger partial charge < -0.3 is 4.90 Å². The summed E-state index contributed by atoms with van der Waals surface area (Å²) in [4.78, 5) is 2.39. The SMILES string of the molecule is CCN(CC1CC1)c1ccc(CBr)cc1Cl. The van der Waals surface area contributed by atoms with Gasteiger partial charge in [0.1, 0.15) is 0 Å². The Labute approximate surface area is 111 Å². The second-order valence-electron chi connectivity index (χ2n) is 4.40. The van der Waals surface area contributed by atoms with E-state index < -0.39 is 0 Å². The van der Waals surface area contributed by atoms with E-state index in [0.717, 1.165) is 29.4 Å². The van der Waals surface area contributed by atoms with Crippen molar-refractivity contribution in [3.63, 3.8) is 0 Å². The maximum atomic E-state index is 6.32. The van der Waals surface area contributed by atoms with Gasteiger partial charge in [0.2, 0.25) is 0 Å². The average Bonchev–Trinajstić information content (AvgIpc) is 3.10. The van der Waals surface area contributed by atoms with E-state index in [1.54, 1.807) is 0 Å². The Kier molecular flexibility index (Phi) is 4.15. The van der Waals surface area contributed by atoms with Crippen molar-refractivity contribution in [1.82, 2.24) is 0 Å². The minimum Gasteiger partial charge on any atom is -0.370 e. The van der Waals surface area contributed by atoms with Crippen molar-refractivity contribution in [2.75, 3.05) is 18.0 Å². The molecule has 0 heterocycles. The summed E-state index contributed by atoms with van der Waals surface area (Å²) in [5.41, 5.74) is 2.41. The second kappa shape index (κ2) is 5.42. The quantitative estimate of drug-likeness (QED) is 0.725. The molecule has 0 atom stereocenters. The molecule has 88 valence electrons. The van der Waals surface area contributed by atoms with Gasteiger partial charge in [0.25, 0.3) is 0 Å². The number of hydrogen-bond donors (Lipinski definition) is 0. The Bertz CT molecular complexity index is 363. The average molecular weight is 303 g/mol. The van der Waals surface area contributed by atoms with Crippen molar-refractivity contribution in [1.29, 1.82) is 0 Å². The summed E-state index contributed by atoms with van der Waals surface area (Å²) in [6.45, 7) is 4.38. The van der Waals surface area contributed by atoms with Crippen LogP contribution in [0.1, 0.15) is 25.3 Å². The molecule has 0 amide bonds. The van der Waals surface area contributed by atoms with Crippen molar-refractivity contribution in [3.05, 3.63) is 28.8 Å². The first kappa shape index (κ1) is 12.3. The highest BCUT2D eigenvalue weighted by Gasteiger charge is 2.24. The second-order valence-corrected chi connectivity index (χ2v) is 5.37. The maximum Gasteiger partial charge on any atom is 0.0642 e. The highest BCUT2D eigenvalue weighted by molar-refractivity contribution is 9.08.